The fourth-order valence-corrected chi connectivity index (χ4v) is 2.03. The Bertz CT molecular complexity index is 706. The van der Waals surface area contributed by atoms with E-state index in [1.807, 2.05) is 0 Å². The molecule has 7 nitrogen and oxygen atoms in total. The van der Waals surface area contributed by atoms with Crippen molar-refractivity contribution in [2.75, 3.05) is 12.4 Å². The van der Waals surface area contributed by atoms with Gasteiger partial charge in [-0.1, -0.05) is 0 Å². The van der Waals surface area contributed by atoms with Gasteiger partial charge in [0.1, 0.15) is 5.69 Å². The third-order valence-corrected chi connectivity index (χ3v) is 3.29. The average Bonchev–Trinajstić information content (AvgIpc) is 2.47. The van der Waals surface area contributed by atoms with E-state index >= 15 is 0 Å². The third-order valence-electron chi connectivity index (χ3n) is 2.62. The Balaban J connectivity index is 2.29. The molecular weight excluding hydrogens is 342 g/mol. The number of hydrogen-bond donors (Lipinski definition) is 1. The first kappa shape index (κ1) is 14.9. The molecule has 1 heterocycles. The van der Waals surface area contributed by atoms with E-state index in [4.69, 9.17) is 4.74 Å². The molecular formula is C13H10BrN3O4. The molecule has 8 heteroatoms. The van der Waals surface area contributed by atoms with Gasteiger partial charge < -0.3 is 10.1 Å². The maximum atomic E-state index is 12.1. The van der Waals surface area contributed by atoms with Crippen molar-refractivity contribution in [3.63, 3.8) is 0 Å². The minimum absolute atomic E-state index is 0.163. The quantitative estimate of drug-likeness (QED) is 0.674. The van der Waals surface area contributed by atoms with Crippen LogP contribution < -0.4 is 10.1 Å². The normalized spacial score (nSPS) is 10.0. The van der Waals surface area contributed by atoms with Crippen LogP contribution in [0, 0.1) is 10.1 Å². The number of hydrogen-bond acceptors (Lipinski definition) is 5. The van der Waals surface area contributed by atoms with Crippen molar-refractivity contribution >= 4 is 33.2 Å². The standard InChI is InChI=1S/C13H10BrN3O4/c1-21-13-10(3-2-6-15-13)16-12(18)8-4-5-9(14)11(7-8)17(19)20/h2-7H,1H3,(H,16,18). The number of pyridine rings is 1. The smallest absolute Gasteiger partial charge is 0.284 e. The number of carbonyl (C=O) groups is 1. The molecule has 21 heavy (non-hydrogen) atoms. The number of benzene rings is 1. The molecule has 2 rings (SSSR count). The SMILES string of the molecule is COc1ncccc1NC(=O)c1ccc(Br)c([N+](=O)[O-])c1. The minimum atomic E-state index is -0.564. The molecule has 0 radical (unpaired) electrons. The van der Waals surface area contributed by atoms with Crippen LogP contribution in [0.15, 0.2) is 41.0 Å². The van der Waals surface area contributed by atoms with Gasteiger partial charge in [0, 0.05) is 17.8 Å². The van der Waals surface area contributed by atoms with E-state index < -0.39 is 10.8 Å². The van der Waals surface area contributed by atoms with Crippen LogP contribution in [-0.4, -0.2) is 22.9 Å². The molecule has 0 spiro atoms. The molecule has 1 aromatic heterocycles. The Morgan fingerprint density at radius 1 is 1.43 bits per heavy atom. The summed E-state index contributed by atoms with van der Waals surface area (Å²) in [6.07, 6.45) is 1.53. The van der Waals surface area contributed by atoms with E-state index in [1.165, 1.54) is 31.5 Å². The van der Waals surface area contributed by atoms with Crippen LogP contribution >= 0.6 is 15.9 Å². The molecule has 1 aromatic carbocycles. The highest BCUT2D eigenvalue weighted by molar-refractivity contribution is 9.10. The van der Waals surface area contributed by atoms with Crippen molar-refractivity contribution in [2.24, 2.45) is 0 Å². The highest BCUT2D eigenvalue weighted by Crippen LogP contribution is 2.27. The van der Waals surface area contributed by atoms with Crippen molar-refractivity contribution in [3.8, 4) is 5.88 Å². The second-order valence-corrected chi connectivity index (χ2v) is 4.79. The molecule has 1 amide bonds. The Kier molecular flexibility index (Phi) is 4.49. The number of amides is 1. The van der Waals surface area contributed by atoms with Crippen molar-refractivity contribution in [1.29, 1.82) is 0 Å². The predicted molar refractivity (Wildman–Crippen MR) is 79.5 cm³/mol. The second-order valence-electron chi connectivity index (χ2n) is 3.94. The number of nitrogens with one attached hydrogen (secondary N) is 1. The Hall–Kier alpha value is -2.48. The summed E-state index contributed by atoms with van der Waals surface area (Å²) in [5, 5.41) is 13.5. The lowest BCUT2D eigenvalue weighted by molar-refractivity contribution is -0.385. The first-order chi connectivity index (χ1) is 10.0. The molecule has 2 aromatic rings. The highest BCUT2D eigenvalue weighted by atomic mass is 79.9. The van der Waals surface area contributed by atoms with Crippen molar-refractivity contribution in [3.05, 3.63) is 56.7 Å². The summed E-state index contributed by atoms with van der Waals surface area (Å²) in [5.74, 6) is -0.227. The van der Waals surface area contributed by atoms with E-state index in [2.05, 4.69) is 26.2 Å². The number of anilines is 1. The summed E-state index contributed by atoms with van der Waals surface area (Å²) >= 11 is 3.07. The van der Waals surface area contributed by atoms with E-state index in [-0.39, 0.29) is 17.1 Å². The molecule has 1 N–H and O–H groups in total. The number of nitrogens with zero attached hydrogens (tertiary/aromatic N) is 2. The first-order valence-electron chi connectivity index (χ1n) is 5.77. The van der Waals surface area contributed by atoms with Crippen LogP contribution in [0.25, 0.3) is 0 Å². The summed E-state index contributed by atoms with van der Waals surface area (Å²) in [6.45, 7) is 0. The van der Waals surface area contributed by atoms with E-state index in [1.54, 1.807) is 12.1 Å². The van der Waals surface area contributed by atoms with Gasteiger partial charge in [0.05, 0.1) is 16.5 Å². The monoisotopic (exact) mass is 351 g/mol. The number of halogens is 1. The zero-order valence-electron chi connectivity index (χ0n) is 10.9. The predicted octanol–water partition coefficient (Wildman–Crippen LogP) is 3.01. The van der Waals surface area contributed by atoms with Crippen LogP contribution in [0.2, 0.25) is 0 Å². The maximum Gasteiger partial charge on any atom is 0.284 e. The van der Waals surface area contributed by atoms with Gasteiger partial charge in [-0.3, -0.25) is 14.9 Å². The lowest BCUT2D eigenvalue weighted by atomic mass is 10.2. The van der Waals surface area contributed by atoms with Gasteiger partial charge in [0.25, 0.3) is 11.6 Å². The Morgan fingerprint density at radius 2 is 2.19 bits per heavy atom. The van der Waals surface area contributed by atoms with E-state index in [0.29, 0.717) is 10.2 Å². The van der Waals surface area contributed by atoms with Gasteiger partial charge in [-0.25, -0.2) is 4.98 Å². The molecule has 0 aliphatic carbocycles. The van der Waals surface area contributed by atoms with Gasteiger partial charge in [-0.15, -0.1) is 0 Å². The van der Waals surface area contributed by atoms with Crippen molar-refractivity contribution in [2.45, 2.75) is 0 Å². The Morgan fingerprint density at radius 3 is 2.86 bits per heavy atom. The third kappa shape index (κ3) is 3.34. The number of nitro groups is 1. The number of methoxy groups -OCH3 is 1. The van der Waals surface area contributed by atoms with Gasteiger partial charge in [-0.05, 0) is 40.2 Å². The highest BCUT2D eigenvalue weighted by Gasteiger charge is 2.17. The number of carbonyl (C=O) groups excluding carboxylic acids is 1. The van der Waals surface area contributed by atoms with Gasteiger partial charge in [0.2, 0.25) is 5.88 Å². The molecule has 0 fully saturated rings. The Labute approximate surface area is 128 Å². The van der Waals surface area contributed by atoms with Crippen molar-refractivity contribution < 1.29 is 14.5 Å². The lowest BCUT2D eigenvalue weighted by Crippen LogP contribution is -2.13. The molecule has 0 saturated heterocycles. The summed E-state index contributed by atoms with van der Waals surface area (Å²) in [6, 6.07) is 7.39. The summed E-state index contributed by atoms with van der Waals surface area (Å²) in [7, 11) is 1.43. The maximum absolute atomic E-state index is 12.1. The topological polar surface area (TPSA) is 94.4 Å². The molecule has 0 unspecified atom stereocenters. The zero-order chi connectivity index (χ0) is 15.4. The van der Waals surface area contributed by atoms with Crippen LogP contribution in [-0.2, 0) is 0 Å². The largest absolute Gasteiger partial charge is 0.480 e. The summed E-state index contributed by atoms with van der Waals surface area (Å²) in [5.41, 5.74) is 0.368. The van der Waals surface area contributed by atoms with E-state index in [0.717, 1.165) is 0 Å². The van der Waals surface area contributed by atoms with Crippen molar-refractivity contribution in [1.82, 2.24) is 4.98 Å². The molecule has 108 valence electrons. The fourth-order valence-electron chi connectivity index (χ4n) is 1.64. The molecule has 0 bridgehead atoms. The number of rotatable bonds is 4. The van der Waals surface area contributed by atoms with Crippen LogP contribution in [0.4, 0.5) is 11.4 Å². The van der Waals surface area contributed by atoms with Crippen LogP contribution in [0.3, 0.4) is 0 Å². The minimum Gasteiger partial charge on any atom is -0.480 e. The molecule has 0 aliphatic heterocycles. The van der Waals surface area contributed by atoms with Gasteiger partial charge in [0.15, 0.2) is 0 Å². The molecule has 0 atom stereocenters. The van der Waals surface area contributed by atoms with Crippen LogP contribution in [0.1, 0.15) is 10.4 Å². The summed E-state index contributed by atoms with van der Waals surface area (Å²) < 4.78 is 5.33. The molecule has 0 aliphatic rings. The van der Waals surface area contributed by atoms with Gasteiger partial charge in [-0.2, -0.15) is 0 Å². The van der Waals surface area contributed by atoms with E-state index in [9.17, 15) is 14.9 Å². The average molecular weight is 352 g/mol. The first-order valence-corrected chi connectivity index (χ1v) is 6.56. The zero-order valence-corrected chi connectivity index (χ0v) is 12.5. The number of nitro benzene ring substituents is 1. The van der Waals surface area contributed by atoms with Gasteiger partial charge >= 0.3 is 0 Å². The summed E-state index contributed by atoms with van der Waals surface area (Å²) in [4.78, 5) is 26.4. The van der Waals surface area contributed by atoms with Crippen LogP contribution in [0.5, 0.6) is 5.88 Å². The lowest BCUT2D eigenvalue weighted by Gasteiger charge is -2.08. The molecule has 0 saturated carbocycles. The number of ether oxygens (including phenoxy) is 1. The number of aromatic nitrogens is 1. The fraction of sp³-hybridized carbons (Fsp3) is 0.0769. The second kappa shape index (κ2) is 6.31.